The van der Waals surface area contributed by atoms with E-state index in [0.29, 0.717) is 6.04 Å². The Bertz CT molecular complexity index is 392. The summed E-state index contributed by atoms with van der Waals surface area (Å²) in [6, 6.07) is 6.43. The topological polar surface area (TPSA) is 23.5 Å². The van der Waals surface area contributed by atoms with Gasteiger partial charge in [0.2, 0.25) is 0 Å². The molecule has 0 radical (unpaired) electrons. The van der Waals surface area contributed by atoms with E-state index in [-0.39, 0.29) is 0 Å². The van der Waals surface area contributed by atoms with Crippen molar-refractivity contribution in [1.82, 2.24) is 0 Å². The van der Waals surface area contributed by atoms with Crippen molar-refractivity contribution in [2.24, 2.45) is 0 Å². The van der Waals surface area contributed by atoms with Crippen LogP contribution < -0.4 is 4.90 Å². The highest BCUT2D eigenvalue weighted by atomic mass is 35.5. The fourth-order valence-corrected chi connectivity index (χ4v) is 2.77. The zero-order chi connectivity index (χ0) is 12.4. The molecule has 94 valence electrons. The van der Waals surface area contributed by atoms with Crippen molar-refractivity contribution in [3.8, 4) is 0 Å². The Kier molecular flexibility index (Phi) is 3.95. The van der Waals surface area contributed by atoms with Gasteiger partial charge in [-0.2, -0.15) is 0 Å². The van der Waals surface area contributed by atoms with E-state index >= 15 is 0 Å². The van der Waals surface area contributed by atoms with Gasteiger partial charge in [0.15, 0.2) is 0 Å². The Morgan fingerprint density at radius 1 is 1.41 bits per heavy atom. The van der Waals surface area contributed by atoms with Crippen LogP contribution in [0.2, 0.25) is 5.02 Å². The van der Waals surface area contributed by atoms with E-state index < -0.39 is 6.10 Å². The molecule has 1 N–H and O–H groups in total. The van der Waals surface area contributed by atoms with E-state index in [0.717, 1.165) is 22.8 Å². The molecular formula is C14H20ClNO. The fourth-order valence-electron chi connectivity index (χ4n) is 2.47. The maximum Gasteiger partial charge on any atom is 0.0762 e. The minimum absolute atomic E-state index is 0.458. The van der Waals surface area contributed by atoms with Crippen LogP contribution in [0.5, 0.6) is 0 Å². The summed E-state index contributed by atoms with van der Waals surface area (Å²) in [4.78, 5) is 2.37. The molecule has 1 aliphatic rings. The van der Waals surface area contributed by atoms with Crippen LogP contribution in [0.15, 0.2) is 18.2 Å². The van der Waals surface area contributed by atoms with Crippen molar-refractivity contribution < 1.29 is 5.11 Å². The number of aliphatic hydroxyl groups excluding tert-OH is 1. The van der Waals surface area contributed by atoms with Gasteiger partial charge in [0.1, 0.15) is 0 Å². The lowest BCUT2D eigenvalue weighted by Crippen LogP contribution is -2.37. The van der Waals surface area contributed by atoms with Crippen LogP contribution in [0.4, 0.5) is 5.69 Å². The van der Waals surface area contributed by atoms with Gasteiger partial charge in [0.25, 0.3) is 0 Å². The first-order chi connectivity index (χ1) is 8.09. The number of halogens is 1. The highest BCUT2D eigenvalue weighted by molar-refractivity contribution is 6.33. The van der Waals surface area contributed by atoms with Crippen molar-refractivity contribution in [3.63, 3.8) is 0 Å². The second kappa shape index (κ2) is 5.28. The molecule has 2 atom stereocenters. The number of piperidine rings is 1. The number of hydrogen-bond acceptors (Lipinski definition) is 2. The second-order valence-corrected chi connectivity index (χ2v) is 5.33. The van der Waals surface area contributed by atoms with Gasteiger partial charge in [0, 0.05) is 12.6 Å². The normalized spacial score (nSPS) is 22.6. The summed E-state index contributed by atoms with van der Waals surface area (Å²) in [5.74, 6) is 0. The van der Waals surface area contributed by atoms with Crippen molar-refractivity contribution in [2.45, 2.75) is 45.3 Å². The molecule has 0 saturated carbocycles. The van der Waals surface area contributed by atoms with Gasteiger partial charge < -0.3 is 10.0 Å². The summed E-state index contributed by atoms with van der Waals surface area (Å²) >= 11 is 6.32. The minimum atomic E-state index is -0.458. The summed E-state index contributed by atoms with van der Waals surface area (Å²) in [5, 5.41) is 10.3. The summed E-state index contributed by atoms with van der Waals surface area (Å²) in [7, 11) is 0. The highest BCUT2D eigenvalue weighted by Crippen LogP contribution is 2.32. The average molecular weight is 254 g/mol. The predicted molar refractivity (Wildman–Crippen MR) is 72.7 cm³/mol. The van der Waals surface area contributed by atoms with Crippen LogP contribution in [0.25, 0.3) is 0 Å². The summed E-state index contributed by atoms with van der Waals surface area (Å²) < 4.78 is 0. The molecule has 0 aliphatic carbocycles. The lowest BCUT2D eigenvalue weighted by Gasteiger charge is -2.36. The number of anilines is 1. The zero-order valence-electron chi connectivity index (χ0n) is 10.5. The number of hydrogen-bond donors (Lipinski definition) is 1. The standard InChI is InChI=1S/C14H20ClNO/c1-10-5-3-4-8-16(10)14-7-6-12(11(2)17)9-13(14)15/h6-7,9-11,17H,3-5,8H2,1-2H3/t10-,11+/m1/s1. The van der Waals surface area contributed by atoms with Gasteiger partial charge in [-0.25, -0.2) is 0 Å². The maximum atomic E-state index is 9.53. The number of aliphatic hydroxyl groups is 1. The van der Waals surface area contributed by atoms with Crippen molar-refractivity contribution in [2.75, 3.05) is 11.4 Å². The summed E-state index contributed by atoms with van der Waals surface area (Å²) in [5.41, 5.74) is 1.98. The summed E-state index contributed by atoms with van der Waals surface area (Å²) in [6.45, 7) is 5.09. The first kappa shape index (κ1) is 12.7. The SMILES string of the molecule is C[C@H](O)c1ccc(N2CCCC[C@H]2C)c(Cl)c1. The van der Waals surface area contributed by atoms with Crippen molar-refractivity contribution >= 4 is 17.3 Å². The van der Waals surface area contributed by atoms with Gasteiger partial charge in [0.05, 0.1) is 16.8 Å². The maximum absolute atomic E-state index is 9.53. The van der Waals surface area contributed by atoms with E-state index in [1.54, 1.807) is 6.92 Å². The Balaban J connectivity index is 2.26. The average Bonchev–Trinajstić information content (AvgIpc) is 2.30. The van der Waals surface area contributed by atoms with E-state index in [1.807, 2.05) is 18.2 Å². The molecule has 1 heterocycles. The van der Waals surface area contributed by atoms with Gasteiger partial charge >= 0.3 is 0 Å². The number of nitrogens with zero attached hydrogens (tertiary/aromatic N) is 1. The molecular weight excluding hydrogens is 234 g/mol. The van der Waals surface area contributed by atoms with Crippen molar-refractivity contribution in [1.29, 1.82) is 0 Å². The van der Waals surface area contributed by atoms with Crippen LogP contribution >= 0.6 is 11.6 Å². The molecule has 0 unspecified atom stereocenters. The van der Waals surface area contributed by atoms with Crippen LogP contribution in [0, 0.1) is 0 Å². The quantitative estimate of drug-likeness (QED) is 0.867. The first-order valence-corrected chi connectivity index (χ1v) is 6.71. The molecule has 0 spiro atoms. The van der Waals surface area contributed by atoms with E-state index in [1.165, 1.54) is 19.3 Å². The van der Waals surface area contributed by atoms with Crippen LogP contribution in [0.1, 0.15) is 44.8 Å². The molecule has 17 heavy (non-hydrogen) atoms. The molecule has 0 bridgehead atoms. The largest absolute Gasteiger partial charge is 0.389 e. The monoisotopic (exact) mass is 253 g/mol. The Labute approximate surface area is 108 Å². The van der Waals surface area contributed by atoms with Gasteiger partial charge in [-0.1, -0.05) is 17.7 Å². The van der Waals surface area contributed by atoms with E-state index in [4.69, 9.17) is 11.6 Å². The van der Waals surface area contributed by atoms with Gasteiger partial charge in [-0.3, -0.25) is 0 Å². The third-order valence-corrected chi connectivity index (χ3v) is 3.87. The second-order valence-electron chi connectivity index (χ2n) is 4.93. The third-order valence-electron chi connectivity index (χ3n) is 3.57. The molecule has 0 amide bonds. The highest BCUT2D eigenvalue weighted by Gasteiger charge is 2.20. The lowest BCUT2D eigenvalue weighted by atomic mass is 10.0. The van der Waals surface area contributed by atoms with E-state index in [2.05, 4.69) is 11.8 Å². The van der Waals surface area contributed by atoms with Crippen LogP contribution in [-0.4, -0.2) is 17.7 Å². The number of benzene rings is 1. The van der Waals surface area contributed by atoms with E-state index in [9.17, 15) is 5.11 Å². The predicted octanol–water partition coefficient (Wildman–Crippen LogP) is 3.77. The Hall–Kier alpha value is -0.730. The molecule has 1 aliphatic heterocycles. The molecule has 2 rings (SSSR count). The molecule has 1 fully saturated rings. The molecule has 2 nitrogen and oxygen atoms in total. The number of rotatable bonds is 2. The molecule has 1 aromatic carbocycles. The van der Waals surface area contributed by atoms with Gasteiger partial charge in [-0.15, -0.1) is 0 Å². The fraction of sp³-hybridized carbons (Fsp3) is 0.571. The minimum Gasteiger partial charge on any atom is -0.389 e. The Morgan fingerprint density at radius 3 is 2.76 bits per heavy atom. The summed E-state index contributed by atoms with van der Waals surface area (Å²) in [6.07, 6.45) is 3.31. The smallest absolute Gasteiger partial charge is 0.0762 e. The zero-order valence-corrected chi connectivity index (χ0v) is 11.2. The van der Waals surface area contributed by atoms with Gasteiger partial charge in [-0.05, 0) is 50.8 Å². The van der Waals surface area contributed by atoms with Crippen LogP contribution in [-0.2, 0) is 0 Å². The first-order valence-electron chi connectivity index (χ1n) is 6.33. The molecule has 3 heteroatoms. The van der Waals surface area contributed by atoms with Crippen LogP contribution in [0.3, 0.4) is 0 Å². The Morgan fingerprint density at radius 2 is 2.18 bits per heavy atom. The molecule has 1 aromatic rings. The molecule has 1 saturated heterocycles. The lowest BCUT2D eigenvalue weighted by molar-refractivity contribution is 0.199. The molecule has 0 aromatic heterocycles. The van der Waals surface area contributed by atoms with Crippen molar-refractivity contribution in [3.05, 3.63) is 28.8 Å². The third kappa shape index (κ3) is 2.75.